The molecule has 0 saturated heterocycles. The van der Waals surface area contributed by atoms with Gasteiger partial charge >= 0.3 is 0 Å². The first-order chi connectivity index (χ1) is 13.7. The summed E-state index contributed by atoms with van der Waals surface area (Å²) in [7, 11) is 1.68. The SMILES string of the molecule is CC(=O)/C=C(/C)O.CCc1cc2ccc(OC)cc2nc1-c1[c-]cc(C)cc1C.[Ir]. The Kier molecular flexibility index (Phi) is 9.91. The van der Waals surface area contributed by atoms with Crippen molar-refractivity contribution in [1.29, 1.82) is 0 Å². The second-order valence-corrected chi connectivity index (χ2v) is 7.04. The van der Waals surface area contributed by atoms with Crippen molar-refractivity contribution >= 4 is 16.7 Å². The van der Waals surface area contributed by atoms with Gasteiger partial charge < -0.3 is 9.84 Å². The fourth-order valence-electron chi connectivity index (χ4n) is 3.11. The maximum absolute atomic E-state index is 10.0. The van der Waals surface area contributed by atoms with E-state index in [9.17, 15) is 4.79 Å². The molecule has 0 saturated carbocycles. The number of rotatable bonds is 4. The van der Waals surface area contributed by atoms with E-state index < -0.39 is 0 Å². The normalized spacial score (nSPS) is 10.7. The van der Waals surface area contributed by atoms with Crippen molar-refractivity contribution in [2.24, 2.45) is 0 Å². The van der Waals surface area contributed by atoms with Gasteiger partial charge in [-0.2, -0.15) is 0 Å². The van der Waals surface area contributed by atoms with Gasteiger partial charge in [-0.15, -0.1) is 34.9 Å². The molecule has 2 aromatic carbocycles. The molecule has 0 aliphatic carbocycles. The number of allylic oxidation sites excluding steroid dienone is 2. The van der Waals surface area contributed by atoms with Crippen LogP contribution < -0.4 is 4.74 Å². The molecular formula is C25H28IrNO3-. The average molecular weight is 583 g/mol. The molecule has 0 aliphatic heterocycles. The van der Waals surface area contributed by atoms with Crippen LogP contribution in [0.1, 0.15) is 37.5 Å². The van der Waals surface area contributed by atoms with Gasteiger partial charge in [0.25, 0.3) is 0 Å². The molecule has 0 atom stereocenters. The number of benzene rings is 2. The molecule has 0 bridgehead atoms. The summed E-state index contributed by atoms with van der Waals surface area (Å²) in [6.45, 7) is 9.23. The molecule has 1 N–H and O–H groups in total. The molecule has 161 valence electrons. The number of methoxy groups -OCH3 is 1. The number of nitrogens with zero attached hydrogens (tertiary/aromatic N) is 1. The van der Waals surface area contributed by atoms with Gasteiger partial charge in [0, 0.05) is 32.2 Å². The number of ketones is 1. The van der Waals surface area contributed by atoms with Crippen LogP contribution in [0.2, 0.25) is 0 Å². The van der Waals surface area contributed by atoms with E-state index in [0.717, 1.165) is 34.3 Å². The molecular weight excluding hydrogens is 554 g/mol. The molecule has 0 aliphatic rings. The molecule has 0 unspecified atom stereocenters. The first kappa shape index (κ1) is 25.5. The fourth-order valence-corrected chi connectivity index (χ4v) is 3.11. The molecule has 1 radical (unpaired) electrons. The minimum atomic E-state index is -0.125. The summed E-state index contributed by atoms with van der Waals surface area (Å²) in [5.74, 6) is 0.771. The summed E-state index contributed by atoms with van der Waals surface area (Å²) < 4.78 is 5.32. The number of aryl methyl sites for hydroxylation is 3. The summed E-state index contributed by atoms with van der Waals surface area (Å²) in [4.78, 5) is 14.9. The Morgan fingerprint density at radius 2 is 1.90 bits per heavy atom. The van der Waals surface area contributed by atoms with Crippen molar-refractivity contribution in [2.45, 2.75) is 41.0 Å². The van der Waals surface area contributed by atoms with Crippen LogP contribution in [-0.4, -0.2) is 23.0 Å². The number of carbonyl (C=O) groups is 1. The second-order valence-electron chi connectivity index (χ2n) is 7.04. The third-order valence-corrected chi connectivity index (χ3v) is 4.42. The largest absolute Gasteiger partial charge is 0.512 e. The van der Waals surface area contributed by atoms with Crippen molar-refractivity contribution in [3.8, 4) is 17.0 Å². The third-order valence-electron chi connectivity index (χ3n) is 4.42. The number of aromatic nitrogens is 1. The maximum atomic E-state index is 10.0. The van der Waals surface area contributed by atoms with Gasteiger partial charge in [-0.05, 0) is 43.5 Å². The van der Waals surface area contributed by atoms with Crippen LogP contribution in [0, 0.1) is 19.9 Å². The standard InChI is InChI=1S/C20H20NO.C5H8O2.Ir/c1-5-15-11-16-7-8-17(22-4)12-19(16)21-20(15)18-9-6-13(2)10-14(18)3;1-4(6)3-5(2)7;/h6-8,10-12H,5H2,1-4H3;3,6H,1-2H3;/q-1;;/b;4-3-;. The van der Waals surface area contributed by atoms with E-state index >= 15 is 0 Å². The Bertz CT molecular complexity index is 1050. The van der Waals surface area contributed by atoms with Gasteiger partial charge in [0.1, 0.15) is 5.75 Å². The van der Waals surface area contributed by atoms with Gasteiger partial charge in [-0.1, -0.05) is 32.4 Å². The van der Waals surface area contributed by atoms with Crippen LogP contribution in [0.15, 0.2) is 48.2 Å². The number of hydrogen-bond donors (Lipinski definition) is 1. The average Bonchev–Trinajstić information content (AvgIpc) is 2.66. The van der Waals surface area contributed by atoms with Gasteiger partial charge in [0.2, 0.25) is 0 Å². The zero-order valence-electron chi connectivity index (χ0n) is 18.3. The Hall–Kier alpha value is -2.49. The molecule has 0 fully saturated rings. The Morgan fingerprint density at radius 3 is 2.40 bits per heavy atom. The molecule has 0 spiro atoms. The zero-order chi connectivity index (χ0) is 21.6. The number of hydrogen-bond acceptors (Lipinski definition) is 4. The smallest absolute Gasteiger partial charge is 0.155 e. The van der Waals surface area contributed by atoms with Crippen LogP contribution in [0.3, 0.4) is 0 Å². The van der Waals surface area contributed by atoms with E-state index in [2.05, 4.69) is 45.0 Å². The monoisotopic (exact) mass is 583 g/mol. The van der Waals surface area contributed by atoms with Crippen LogP contribution in [0.5, 0.6) is 5.75 Å². The van der Waals surface area contributed by atoms with Crippen molar-refractivity contribution in [3.63, 3.8) is 0 Å². The summed E-state index contributed by atoms with van der Waals surface area (Å²) in [5.41, 5.74) is 6.76. The Morgan fingerprint density at radius 1 is 1.20 bits per heavy atom. The predicted molar refractivity (Wildman–Crippen MR) is 118 cm³/mol. The number of ether oxygens (including phenoxy) is 1. The number of aliphatic hydroxyl groups excluding tert-OH is 1. The second kappa shape index (κ2) is 11.6. The Labute approximate surface area is 192 Å². The number of pyridine rings is 1. The van der Waals surface area contributed by atoms with E-state index in [1.54, 1.807) is 7.11 Å². The minimum absolute atomic E-state index is 0. The quantitative estimate of drug-likeness (QED) is 0.236. The van der Waals surface area contributed by atoms with Gasteiger partial charge in [-0.25, -0.2) is 0 Å². The fraction of sp³-hybridized carbons (Fsp3) is 0.280. The molecule has 30 heavy (non-hydrogen) atoms. The van der Waals surface area contributed by atoms with Crippen molar-refractivity contribution in [1.82, 2.24) is 4.98 Å². The summed E-state index contributed by atoms with van der Waals surface area (Å²) in [6.07, 6.45) is 2.12. The van der Waals surface area contributed by atoms with Crippen LogP contribution >= 0.6 is 0 Å². The zero-order valence-corrected chi connectivity index (χ0v) is 20.7. The molecule has 3 rings (SSSR count). The maximum Gasteiger partial charge on any atom is 0.155 e. The van der Waals surface area contributed by atoms with E-state index in [0.29, 0.717) is 0 Å². The van der Waals surface area contributed by atoms with Crippen molar-refractivity contribution in [2.75, 3.05) is 7.11 Å². The first-order valence-electron chi connectivity index (χ1n) is 9.60. The number of fused-ring (bicyclic) bond motifs is 1. The minimum Gasteiger partial charge on any atom is -0.512 e. The predicted octanol–water partition coefficient (Wildman–Crippen LogP) is 5.92. The van der Waals surface area contributed by atoms with Crippen LogP contribution in [0.25, 0.3) is 22.2 Å². The summed E-state index contributed by atoms with van der Waals surface area (Å²) in [6, 6.07) is 15.9. The van der Waals surface area contributed by atoms with E-state index in [1.165, 1.54) is 36.6 Å². The molecule has 3 aromatic rings. The van der Waals surface area contributed by atoms with Crippen LogP contribution in [-0.2, 0) is 31.3 Å². The van der Waals surface area contributed by atoms with E-state index in [4.69, 9.17) is 14.8 Å². The molecule has 1 aromatic heterocycles. The number of aliphatic hydroxyl groups is 1. The molecule has 5 heteroatoms. The summed E-state index contributed by atoms with van der Waals surface area (Å²) in [5, 5.41) is 9.51. The topological polar surface area (TPSA) is 59.4 Å². The van der Waals surface area contributed by atoms with E-state index in [-0.39, 0.29) is 31.6 Å². The van der Waals surface area contributed by atoms with Crippen LogP contribution in [0.4, 0.5) is 0 Å². The van der Waals surface area contributed by atoms with Crippen molar-refractivity contribution in [3.05, 3.63) is 71.0 Å². The molecule has 0 amide bonds. The van der Waals surface area contributed by atoms with Gasteiger partial charge in [0.15, 0.2) is 5.78 Å². The Balaban J connectivity index is 0.000000489. The first-order valence-corrected chi connectivity index (χ1v) is 9.60. The van der Waals surface area contributed by atoms with E-state index in [1.807, 2.05) is 18.2 Å². The molecule has 4 nitrogen and oxygen atoms in total. The summed E-state index contributed by atoms with van der Waals surface area (Å²) >= 11 is 0. The molecule has 1 heterocycles. The number of carbonyl (C=O) groups excluding carboxylic acids is 1. The van der Waals surface area contributed by atoms with Gasteiger partial charge in [0.05, 0.1) is 18.4 Å². The van der Waals surface area contributed by atoms with Crippen molar-refractivity contribution < 1.29 is 34.7 Å². The van der Waals surface area contributed by atoms with Gasteiger partial charge in [-0.3, -0.25) is 9.78 Å². The third kappa shape index (κ3) is 6.79.